The van der Waals surface area contributed by atoms with E-state index in [1.807, 2.05) is 12.1 Å². The summed E-state index contributed by atoms with van der Waals surface area (Å²) in [5.74, 6) is 0.466. The SMILES string of the molecule is CC(C)CC(=O)Nc1ccc(CN2CCN(c3ccccc3)CC2)cc1. The summed E-state index contributed by atoms with van der Waals surface area (Å²) in [5, 5.41) is 2.97. The third kappa shape index (κ3) is 5.33. The van der Waals surface area contributed by atoms with Crippen molar-refractivity contribution in [3.8, 4) is 0 Å². The number of hydrogen-bond acceptors (Lipinski definition) is 3. The Labute approximate surface area is 156 Å². The van der Waals surface area contributed by atoms with Crippen LogP contribution in [0.2, 0.25) is 0 Å². The summed E-state index contributed by atoms with van der Waals surface area (Å²) in [6.07, 6.45) is 0.563. The minimum atomic E-state index is 0.0878. The molecule has 0 atom stereocenters. The van der Waals surface area contributed by atoms with E-state index in [1.165, 1.54) is 11.3 Å². The van der Waals surface area contributed by atoms with Crippen LogP contribution in [-0.4, -0.2) is 37.0 Å². The lowest BCUT2D eigenvalue weighted by molar-refractivity contribution is -0.116. The van der Waals surface area contributed by atoms with Crippen molar-refractivity contribution < 1.29 is 4.79 Å². The van der Waals surface area contributed by atoms with Crippen LogP contribution in [0.15, 0.2) is 54.6 Å². The first-order chi connectivity index (χ1) is 12.6. The van der Waals surface area contributed by atoms with Crippen LogP contribution in [0.25, 0.3) is 0 Å². The van der Waals surface area contributed by atoms with Gasteiger partial charge in [-0.15, -0.1) is 0 Å². The highest BCUT2D eigenvalue weighted by atomic mass is 16.1. The van der Waals surface area contributed by atoms with Gasteiger partial charge >= 0.3 is 0 Å². The fourth-order valence-corrected chi connectivity index (χ4v) is 3.34. The molecule has 0 aromatic heterocycles. The Morgan fingerprint density at radius 3 is 2.23 bits per heavy atom. The van der Waals surface area contributed by atoms with E-state index < -0.39 is 0 Å². The van der Waals surface area contributed by atoms with Crippen LogP contribution in [0.3, 0.4) is 0 Å². The van der Waals surface area contributed by atoms with Gasteiger partial charge in [0.1, 0.15) is 0 Å². The van der Waals surface area contributed by atoms with Gasteiger partial charge in [0, 0.05) is 50.5 Å². The van der Waals surface area contributed by atoms with Gasteiger partial charge in [-0.25, -0.2) is 0 Å². The number of nitrogens with zero attached hydrogens (tertiary/aromatic N) is 2. The third-order valence-corrected chi connectivity index (χ3v) is 4.73. The quantitative estimate of drug-likeness (QED) is 0.855. The maximum absolute atomic E-state index is 11.8. The van der Waals surface area contributed by atoms with Gasteiger partial charge in [-0.3, -0.25) is 9.69 Å². The molecule has 2 aromatic rings. The van der Waals surface area contributed by atoms with Gasteiger partial charge in [0.2, 0.25) is 5.91 Å². The molecule has 0 unspecified atom stereocenters. The van der Waals surface area contributed by atoms with Crippen molar-refractivity contribution in [1.82, 2.24) is 4.90 Å². The molecule has 1 heterocycles. The minimum Gasteiger partial charge on any atom is -0.369 e. The predicted molar refractivity (Wildman–Crippen MR) is 108 cm³/mol. The summed E-state index contributed by atoms with van der Waals surface area (Å²) in [5.41, 5.74) is 3.49. The molecule has 3 rings (SSSR count). The van der Waals surface area contributed by atoms with Crippen LogP contribution >= 0.6 is 0 Å². The zero-order valence-corrected chi connectivity index (χ0v) is 15.8. The first kappa shape index (κ1) is 18.5. The second-order valence-electron chi connectivity index (χ2n) is 7.44. The summed E-state index contributed by atoms with van der Waals surface area (Å²) >= 11 is 0. The van der Waals surface area contributed by atoms with Gasteiger partial charge in [-0.05, 0) is 35.7 Å². The maximum Gasteiger partial charge on any atom is 0.224 e. The van der Waals surface area contributed by atoms with Gasteiger partial charge < -0.3 is 10.2 Å². The molecule has 1 aliphatic heterocycles. The van der Waals surface area contributed by atoms with Crippen LogP contribution in [0.5, 0.6) is 0 Å². The monoisotopic (exact) mass is 351 g/mol. The van der Waals surface area contributed by atoms with Gasteiger partial charge in [0.05, 0.1) is 0 Å². The molecule has 1 amide bonds. The van der Waals surface area contributed by atoms with Crippen molar-refractivity contribution in [1.29, 1.82) is 0 Å². The van der Waals surface area contributed by atoms with E-state index in [0.29, 0.717) is 12.3 Å². The molecule has 0 radical (unpaired) electrons. The van der Waals surface area contributed by atoms with E-state index in [0.717, 1.165) is 38.4 Å². The summed E-state index contributed by atoms with van der Waals surface area (Å²) < 4.78 is 0. The van der Waals surface area contributed by atoms with Crippen LogP contribution in [-0.2, 0) is 11.3 Å². The van der Waals surface area contributed by atoms with Crippen LogP contribution in [0.1, 0.15) is 25.8 Å². The average molecular weight is 351 g/mol. The Bertz CT molecular complexity index is 689. The summed E-state index contributed by atoms with van der Waals surface area (Å²) in [6.45, 7) is 9.34. The van der Waals surface area contributed by atoms with E-state index in [1.54, 1.807) is 0 Å². The van der Waals surface area contributed by atoms with Gasteiger partial charge in [-0.1, -0.05) is 44.2 Å². The number of piperazine rings is 1. The Morgan fingerprint density at radius 2 is 1.62 bits per heavy atom. The van der Waals surface area contributed by atoms with E-state index in [9.17, 15) is 4.79 Å². The normalized spacial score (nSPS) is 15.3. The van der Waals surface area contributed by atoms with Crippen molar-refractivity contribution in [2.75, 3.05) is 36.4 Å². The molecule has 1 N–H and O–H groups in total. The molecule has 4 heteroatoms. The van der Waals surface area contributed by atoms with Crippen LogP contribution in [0, 0.1) is 5.92 Å². The molecule has 138 valence electrons. The van der Waals surface area contributed by atoms with Crippen molar-refractivity contribution in [2.24, 2.45) is 5.92 Å². The number of amides is 1. The Hall–Kier alpha value is -2.33. The molecule has 0 aliphatic carbocycles. The first-order valence-electron chi connectivity index (χ1n) is 9.51. The predicted octanol–water partition coefficient (Wildman–Crippen LogP) is 3.99. The number of carbonyl (C=O) groups is 1. The minimum absolute atomic E-state index is 0.0878. The van der Waals surface area contributed by atoms with Crippen LogP contribution < -0.4 is 10.2 Å². The maximum atomic E-state index is 11.8. The molecular formula is C22H29N3O. The topological polar surface area (TPSA) is 35.6 Å². The molecule has 2 aromatic carbocycles. The Balaban J connectivity index is 1.47. The van der Waals surface area contributed by atoms with E-state index in [2.05, 4.69) is 71.4 Å². The lowest BCUT2D eigenvalue weighted by Gasteiger charge is -2.36. The van der Waals surface area contributed by atoms with Gasteiger partial charge in [0.25, 0.3) is 0 Å². The Morgan fingerprint density at radius 1 is 0.962 bits per heavy atom. The summed E-state index contributed by atoms with van der Waals surface area (Å²) in [4.78, 5) is 16.8. The molecule has 1 fully saturated rings. The third-order valence-electron chi connectivity index (χ3n) is 4.73. The fourth-order valence-electron chi connectivity index (χ4n) is 3.34. The number of anilines is 2. The number of para-hydroxylation sites is 1. The number of rotatable bonds is 6. The number of nitrogens with one attached hydrogen (secondary N) is 1. The van der Waals surface area contributed by atoms with Crippen molar-refractivity contribution in [2.45, 2.75) is 26.8 Å². The molecule has 1 saturated heterocycles. The lowest BCUT2D eigenvalue weighted by Crippen LogP contribution is -2.45. The molecule has 0 saturated carbocycles. The molecule has 26 heavy (non-hydrogen) atoms. The smallest absolute Gasteiger partial charge is 0.224 e. The number of hydrogen-bond donors (Lipinski definition) is 1. The van der Waals surface area contributed by atoms with Gasteiger partial charge in [-0.2, -0.15) is 0 Å². The molecule has 1 aliphatic rings. The average Bonchev–Trinajstić information content (AvgIpc) is 2.64. The lowest BCUT2D eigenvalue weighted by atomic mass is 10.1. The van der Waals surface area contributed by atoms with Crippen LogP contribution in [0.4, 0.5) is 11.4 Å². The zero-order chi connectivity index (χ0) is 18.4. The molecular weight excluding hydrogens is 322 g/mol. The zero-order valence-electron chi connectivity index (χ0n) is 15.8. The second-order valence-corrected chi connectivity index (χ2v) is 7.44. The fraction of sp³-hybridized carbons (Fsp3) is 0.409. The van der Waals surface area contributed by atoms with E-state index in [4.69, 9.17) is 0 Å². The highest BCUT2D eigenvalue weighted by molar-refractivity contribution is 5.90. The molecule has 4 nitrogen and oxygen atoms in total. The molecule has 0 bridgehead atoms. The summed E-state index contributed by atoms with van der Waals surface area (Å²) in [6, 6.07) is 18.9. The van der Waals surface area contributed by atoms with Crippen molar-refractivity contribution in [3.63, 3.8) is 0 Å². The highest BCUT2D eigenvalue weighted by Crippen LogP contribution is 2.18. The van der Waals surface area contributed by atoms with Gasteiger partial charge in [0.15, 0.2) is 0 Å². The largest absolute Gasteiger partial charge is 0.369 e. The van der Waals surface area contributed by atoms with E-state index in [-0.39, 0.29) is 5.91 Å². The van der Waals surface area contributed by atoms with Crippen molar-refractivity contribution in [3.05, 3.63) is 60.2 Å². The Kier molecular flexibility index (Phi) is 6.29. The molecule has 0 spiro atoms. The summed E-state index contributed by atoms with van der Waals surface area (Å²) in [7, 11) is 0. The number of carbonyl (C=O) groups excluding carboxylic acids is 1. The number of benzene rings is 2. The first-order valence-corrected chi connectivity index (χ1v) is 9.51. The van der Waals surface area contributed by atoms with E-state index >= 15 is 0 Å². The highest BCUT2D eigenvalue weighted by Gasteiger charge is 2.17. The second kappa shape index (κ2) is 8.86. The standard InChI is InChI=1S/C22H29N3O/c1-18(2)16-22(26)23-20-10-8-19(9-11-20)17-24-12-14-25(15-13-24)21-6-4-3-5-7-21/h3-11,18H,12-17H2,1-2H3,(H,23,26). The van der Waals surface area contributed by atoms with Crippen molar-refractivity contribution >= 4 is 17.3 Å².